The molecule has 2 N–H and O–H groups in total. The van der Waals surface area contributed by atoms with Crippen LogP contribution < -0.4 is 15.5 Å². The minimum absolute atomic E-state index is 0.114. The van der Waals surface area contributed by atoms with Crippen LogP contribution in [-0.2, 0) is 16.1 Å². The van der Waals surface area contributed by atoms with Gasteiger partial charge in [0.1, 0.15) is 0 Å². The quantitative estimate of drug-likeness (QED) is 0.602. The summed E-state index contributed by atoms with van der Waals surface area (Å²) in [7, 11) is 0. The van der Waals surface area contributed by atoms with Crippen LogP contribution in [0.5, 0.6) is 0 Å². The van der Waals surface area contributed by atoms with Crippen LogP contribution in [0, 0.1) is 5.92 Å². The molecule has 8 heteroatoms. The molecule has 162 valence electrons. The molecule has 0 aliphatic carbocycles. The number of amides is 3. The highest BCUT2D eigenvalue weighted by atomic mass is 35.5. The third-order valence-electron chi connectivity index (χ3n) is 5.16. The van der Waals surface area contributed by atoms with Crippen LogP contribution in [-0.4, -0.2) is 29.3 Å². The van der Waals surface area contributed by atoms with Gasteiger partial charge in [0.15, 0.2) is 0 Å². The summed E-state index contributed by atoms with van der Waals surface area (Å²) in [5.74, 6) is -1.16. The smallest absolute Gasteiger partial charge is 0.251 e. The van der Waals surface area contributed by atoms with Gasteiger partial charge < -0.3 is 15.5 Å². The molecule has 1 unspecified atom stereocenters. The van der Waals surface area contributed by atoms with E-state index in [1.165, 1.54) is 0 Å². The zero-order valence-electron chi connectivity index (χ0n) is 17.1. The number of nitrogens with zero attached hydrogens (tertiary/aromatic N) is 2. The Morgan fingerprint density at radius 2 is 1.91 bits per heavy atom. The van der Waals surface area contributed by atoms with Gasteiger partial charge in [-0.1, -0.05) is 29.8 Å². The number of pyridine rings is 1. The van der Waals surface area contributed by atoms with Gasteiger partial charge in [-0.3, -0.25) is 19.4 Å². The van der Waals surface area contributed by atoms with E-state index in [4.69, 9.17) is 11.6 Å². The summed E-state index contributed by atoms with van der Waals surface area (Å²) in [6, 6.07) is 19.2. The van der Waals surface area contributed by atoms with Crippen molar-refractivity contribution in [2.24, 2.45) is 5.92 Å². The van der Waals surface area contributed by atoms with Gasteiger partial charge in [0, 0.05) is 41.1 Å². The monoisotopic (exact) mass is 448 g/mol. The molecule has 1 aliphatic rings. The third kappa shape index (κ3) is 5.12. The molecule has 1 fully saturated rings. The molecule has 2 heterocycles. The highest BCUT2D eigenvalue weighted by Gasteiger charge is 2.35. The van der Waals surface area contributed by atoms with E-state index in [-0.39, 0.29) is 30.7 Å². The highest BCUT2D eigenvalue weighted by molar-refractivity contribution is 6.31. The van der Waals surface area contributed by atoms with Crippen LogP contribution >= 0.6 is 11.6 Å². The maximum atomic E-state index is 12.8. The Labute approximate surface area is 190 Å². The molecule has 1 aromatic heterocycles. The fourth-order valence-electron chi connectivity index (χ4n) is 3.53. The topological polar surface area (TPSA) is 91.4 Å². The lowest BCUT2D eigenvalue weighted by molar-refractivity contribution is -0.122. The lowest BCUT2D eigenvalue weighted by atomic mass is 10.1. The molecule has 1 saturated heterocycles. The lowest BCUT2D eigenvalue weighted by Crippen LogP contribution is -2.28. The van der Waals surface area contributed by atoms with Gasteiger partial charge in [-0.05, 0) is 48.5 Å². The molecule has 2 aromatic carbocycles. The average Bonchev–Trinajstić information content (AvgIpc) is 3.20. The average molecular weight is 449 g/mol. The van der Waals surface area contributed by atoms with Crippen molar-refractivity contribution in [1.82, 2.24) is 10.3 Å². The Bertz CT molecular complexity index is 1150. The first-order valence-electron chi connectivity index (χ1n) is 10.1. The summed E-state index contributed by atoms with van der Waals surface area (Å²) in [6.07, 6.45) is 1.78. The molecule has 32 heavy (non-hydrogen) atoms. The maximum absolute atomic E-state index is 12.8. The van der Waals surface area contributed by atoms with Crippen molar-refractivity contribution in [2.45, 2.75) is 13.0 Å². The van der Waals surface area contributed by atoms with E-state index in [0.717, 1.165) is 5.69 Å². The van der Waals surface area contributed by atoms with E-state index in [1.807, 2.05) is 18.2 Å². The molecule has 0 bridgehead atoms. The zero-order valence-corrected chi connectivity index (χ0v) is 17.9. The van der Waals surface area contributed by atoms with Crippen molar-refractivity contribution in [3.8, 4) is 0 Å². The first-order chi connectivity index (χ1) is 15.5. The fourth-order valence-corrected chi connectivity index (χ4v) is 3.72. The molecule has 3 amide bonds. The Morgan fingerprint density at radius 3 is 2.69 bits per heavy atom. The van der Waals surface area contributed by atoms with Crippen molar-refractivity contribution in [1.29, 1.82) is 0 Å². The largest absolute Gasteiger partial charge is 0.346 e. The summed E-state index contributed by atoms with van der Waals surface area (Å²) in [5, 5.41) is 6.16. The first kappa shape index (κ1) is 21.5. The number of anilines is 2. The first-order valence-corrected chi connectivity index (χ1v) is 10.5. The number of carbonyl (C=O) groups excluding carboxylic acids is 3. The van der Waals surface area contributed by atoms with E-state index >= 15 is 0 Å². The second kappa shape index (κ2) is 9.62. The Balaban J connectivity index is 1.37. The minimum atomic E-state index is -0.497. The SMILES string of the molecule is O=C(NCc1ccccn1)c1cccc(NC(=O)C2CC(=O)N(c3cccc(Cl)c3)C2)c1. The van der Waals surface area contributed by atoms with E-state index in [0.29, 0.717) is 28.5 Å². The molecule has 7 nitrogen and oxygen atoms in total. The number of hydrogen-bond acceptors (Lipinski definition) is 4. The normalized spacial score (nSPS) is 15.5. The molecular weight excluding hydrogens is 428 g/mol. The fraction of sp³-hybridized carbons (Fsp3) is 0.167. The van der Waals surface area contributed by atoms with Crippen LogP contribution in [0.25, 0.3) is 0 Å². The Kier molecular flexibility index (Phi) is 6.47. The molecule has 0 spiro atoms. The zero-order chi connectivity index (χ0) is 22.5. The van der Waals surface area contributed by atoms with Gasteiger partial charge in [0.05, 0.1) is 18.2 Å². The van der Waals surface area contributed by atoms with E-state index < -0.39 is 5.92 Å². The summed E-state index contributed by atoms with van der Waals surface area (Å²) in [4.78, 5) is 43.4. The van der Waals surface area contributed by atoms with Crippen molar-refractivity contribution in [3.63, 3.8) is 0 Å². The van der Waals surface area contributed by atoms with Crippen LogP contribution in [0.4, 0.5) is 11.4 Å². The number of nitrogens with one attached hydrogen (secondary N) is 2. The predicted octanol–water partition coefficient (Wildman–Crippen LogP) is 3.66. The molecule has 0 saturated carbocycles. The number of rotatable bonds is 6. The van der Waals surface area contributed by atoms with Gasteiger partial charge >= 0.3 is 0 Å². The predicted molar refractivity (Wildman–Crippen MR) is 122 cm³/mol. The maximum Gasteiger partial charge on any atom is 0.251 e. The van der Waals surface area contributed by atoms with Crippen LogP contribution in [0.3, 0.4) is 0 Å². The van der Waals surface area contributed by atoms with E-state index in [9.17, 15) is 14.4 Å². The van der Waals surface area contributed by atoms with Crippen molar-refractivity contribution >= 4 is 40.7 Å². The van der Waals surface area contributed by atoms with Gasteiger partial charge in [-0.2, -0.15) is 0 Å². The summed E-state index contributed by atoms with van der Waals surface area (Å²) >= 11 is 6.02. The molecule has 1 aliphatic heterocycles. The van der Waals surface area contributed by atoms with Crippen molar-refractivity contribution in [2.75, 3.05) is 16.8 Å². The van der Waals surface area contributed by atoms with Gasteiger partial charge in [-0.25, -0.2) is 0 Å². The number of hydrogen-bond donors (Lipinski definition) is 2. The summed E-state index contributed by atoms with van der Waals surface area (Å²) in [6.45, 7) is 0.578. The van der Waals surface area contributed by atoms with Crippen LogP contribution in [0.1, 0.15) is 22.5 Å². The van der Waals surface area contributed by atoms with E-state index in [1.54, 1.807) is 59.6 Å². The number of aromatic nitrogens is 1. The Hall–Kier alpha value is -3.71. The molecule has 1 atom stereocenters. The summed E-state index contributed by atoms with van der Waals surface area (Å²) < 4.78 is 0. The van der Waals surface area contributed by atoms with Crippen molar-refractivity contribution < 1.29 is 14.4 Å². The molecule has 3 aromatic rings. The number of halogens is 1. The second-order valence-electron chi connectivity index (χ2n) is 7.46. The number of carbonyl (C=O) groups is 3. The van der Waals surface area contributed by atoms with Gasteiger partial charge in [0.2, 0.25) is 11.8 Å². The van der Waals surface area contributed by atoms with Gasteiger partial charge in [0.25, 0.3) is 5.91 Å². The highest BCUT2D eigenvalue weighted by Crippen LogP contribution is 2.28. The number of benzene rings is 2. The van der Waals surface area contributed by atoms with Crippen molar-refractivity contribution in [3.05, 3.63) is 89.2 Å². The third-order valence-corrected chi connectivity index (χ3v) is 5.40. The van der Waals surface area contributed by atoms with Gasteiger partial charge in [-0.15, -0.1) is 0 Å². The standard InChI is InChI=1S/C24H21ClN4O3/c25-18-6-4-9-21(13-18)29-15-17(12-22(29)30)24(32)28-19-8-3-5-16(11-19)23(31)27-14-20-7-1-2-10-26-20/h1-11,13,17H,12,14-15H2,(H,27,31)(H,28,32). The van der Waals surface area contributed by atoms with Crippen LogP contribution in [0.2, 0.25) is 5.02 Å². The Morgan fingerprint density at radius 1 is 1.06 bits per heavy atom. The van der Waals surface area contributed by atoms with E-state index in [2.05, 4.69) is 15.6 Å². The second-order valence-corrected chi connectivity index (χ2v) is 7.90. The summed E-state index contributed by atoms with van der Waals surface area (Å²) in [5.41, 5.74) is 2.33. The lowest BCUT2D eigenvalue weighted by Gasteiger charge is -2.17. The molecule has 0 radical (unpaired) electrons. The molecule has 4 rings (SSSR count). The van der Waals surface area contributed by atoms with Crippen LogP contribution in [0.15, 0.2) is 72.9 Å². The molecular formula is C24H21ClN4O3. The minimum Gasteiger partial charge on any atom is -0.346 e.